The largest absolute Gasteiger partial charge is 0.382 e. The maximum Gasteiger partial charge on any atom is 0.225 e. The molecule has 0 aliphatic rings. The zero-order valence-electron chi connectivity index (χ0n) is 11.6. The minimum atomic E-state index is 0.654. The lowest BCUT2D eigenvalue weighted by Gasteiger charge is -2.08. The molecule has 0 fully saturated rings. The van der Waals surface area contributed by atoms with Gasteiger partial charge >= 0.3 is 0 Å². The van der Waals surface area contributed by atoms with E-state index >= 15 is 0 Å². The SMILES string of the molecule is CCOCCCNc1nc(NC)nc2sc(C)cc12. The second kappa shape index (κ2) is 6.68. The minimum Gasteiger partial charge on any atom is -0.382 e. The van der Waals surface area contributed by atoms with E-state index in [1.807, 2.05) is 14.0 Å². The summed E-state index contributed by atoms with van der Waals surface area (Å²) in [6.07, 6.45) is 0.970. The molecule has 0 aliphatic heterocycles. The van der Waals surface area contributed by atoms with E-state index in [4.69, 9.17) is 4.74 Å². The number of hydrogen-bond acceptors (Lipinski definition) is 6. The van der Waals surface area contributed by atoms with Gasteiger partial charge in [-0.2, -0.15) is 4.98 Å². The van der Waals surface area contributed by atoms with Crippen molar-refractivity contribution in [2.75, 3.05) is 37.4 Å². The van der Waals surface area contributed by atoms with Crippen LogP contribution in [-0.4, -0.2) is 36.8 Å². The van der Waals surface area contributed by atoms with Crippen LogP contribution in [0.25, 0.3) is 10.2 Å². The molecule has 0 aromatic carbocycles. The van der Waals surface area contributed by atoms with Crippen molar-refractivity contribution in [2.24, 2.45) is 0 Å². The summed E-state index contributed by atoms with van der Waals surface area (Å²) in [5, 5.41) is 7.46. The second-order valence-corrected chi connectivity index (χ2v) is 5.43. The molecular weight excluding hydrogens is 260 g/mol. The lowest BCUT2D eigenvalue weighted by atomic mass is 10.3. The van der Waals surface area contributed by atoms with E-state index in [1.54, 1.807) is 11.3 Å². The number of fused-ring (bicyclic) bond motifs is 1. The summed E-state index contributed by atoms with van der Waals surface area (Å²) in [6.45, 7) is 6.49. The third-order valence-corrected chi connectivity index (χ3v) is 3.65. The van der Waals surface area contributed by atoms with Crippen molar-refractivity contribution in [3.8, 4) is 0 Å². The summed E-state index contributed by atoms with van der Waals surface area (Å²) in [4.78, 5) is 11.2. The Hall–Kier alpha value is -1.40. The zero-order chi connectivity index (χ0) is 13.7. The molecule has 19 heavy (non-hydrogen) atoms. The van der Waals surface area contributed by atoms with E-state index in [-0.39, 0.29) is 0 Å². The lowest BCUT2D eigenvalue weighted by molar-refractivity contribution is 0.147. The molecule has 0 radical (unpaired) electrons. The topological polar surface area (TPSA) is 59.1 Å². The fraction of sp³-hybridized carbons (Fsp3) is 0.538. The molecule has 0 unspecified atom stereocenters. The maximum absolute atomic E-state index is 5.32. The van der Waals surface area contributed by atoms with Crippen LogP contribution >= 0.6 is 11.3 Å². The monoisotopic (exact) mass is 280 g/mol. The highest BCUT2D eigenvalue weighted by Gasteiger charge is 2.09. The Balaban J connectivity index is 2.11. The molecule has 2 N–H and O–H groups in total. The molecule has 0 atom stereocenters. The van der Waals surface area contributed by atoms with Crippen molar-refractivity contribution < 1.29 is 4.74 Å². The van der Waals surface area contributed by atoms with Crippen LogP contribution in [0.4, 0.5) is 11.8 Å². The maximum atomic E-state index is 5.32. The number of nitrogens with one attached hydrogen (secondary N) is 2. The summed E-state index contributed by atoms with van der Waals surface area (Å²) >= 11 is 1.69. The molecule has 0 amide bonds. The van der Waals surface area contributed by atoms with Crippen molar-refractivity contribution >= 4 is 33.3 Å². The standard InChI is InChI=1S/C13H20N4OS/c1-4-18-7-5-6-15-11-10-8-9(2)19-12(10)17-13(14-3)16-11/h8H,4-7H2,1-3H3,(H2,14,15,16,17). The molecule has 0 bridgehead atoms. The number of aryl methyl sites for hydroxylation is 1. The van der Waals surface area contributed by atoms with E-state index in [0.29, 0.717) is 5.95 Å². The fourth-order valence-corrected chi connectivity index (χ4v) is 2.69. The minimum absolute atomic E-state index is 0.654. The van der Waals surface area contributed by atoms with Gasteiger partial charge in [-0.3, -0.25) is 0 Å². The van der Waals surface area contributed by atoms with E-state index < -0.39 is 0 Å². The first kappa shape index (κ1) is 14.0. The van der Waals surface area contributed by atoms with Gasteiger partial charge in [0.05, 0.1) is 5.39 Å². The van der Waals surface area contributed by atoms with E-state index in [2.05, 4.69) is 33.6 Å². The number of nitrogens with zero attached hydrogens (tertiary/aromatic N) is 2. The Morgan fingerprint density at radius 1 is 1.37 bits per heavy atom. The van der Waals surface area contributed by atoms with Crippen molar-refractivity contribution in [2.45, 2.75) is 20.3 Å². The molecule has 0 aliphatic carbocycles. The van der Waals surface area contributed by atoms with Gasteiger partial charge in [-0.25, -0.2) is 4.98 Å². The van der Waals surface area contributed by atoms with Crippen molar-refractivity contribution in [1.29, 1.82) is 0 Å². The number of ether oxygens (including phenoxy) is 1. The summed E-state index contributed by atoms with van der Waals surface area (Å²) in [6, 6.07) is 2.13. The van der Waals surface area contributed by atoms with Crippen LogP contribution in [0.3, 0.4) is 0 Å². The van der Waals surface area contributed by atoms with Crippen molar-refractivity contribution in [1.82, 2.24) is 9.97 Å². The Morgan fingerprint density at radius 2 is 2.21 bits per heavy atom. The molecule has 0 saturated carbocycles. The first-order chi connectivity index (χ1) is 9.24. The van der Waals surface area contributed by atoms with Gasteiger partial charge in [0, 0.05) is 31.7 Å². The summed E-state index contributed by atoms with van der Waals surface area (Å²) in [5.41, 5.74) is 0. The number of thiophene rings is 1. The Kier molecular flexibility index (Phi) is 4.93. The van der Waals surface area contributed by atoms with Gasteiger partial charge in [0.2, 0.25) is 5.95 Å². The summed E-state index contributed by atoms with van der Waals surface area (Å²) in [5.74, 6) is 1.55. The zero-order valence-corrected chi connectivity index (χ0v) is 12.4. The highest BCUT2D eigenvalue weighted by atomic mass is 32.1. The smallest absolute Gasteiger partial charge is 0.225 e. The van der Waals surface area contributed by atoms with Crippen LogP contribution < -0.4 is 10.6 Å². The van der Waals surface area contributed by atoms with Gasteiger partial charge in [-0.15, -0.1) is 11.3 Å². The van der Waals surface area contributed by atoms with Crippen molar-refractivity contribution in [3.05, 3.63) is 10.9 Å². The third-order valence-electron chi connectivity index (χ3n) is 2.70. The number of rotatable bonds is 7. The van der Waals surface area contributed by atoms with Crippen LogP contribution in [0.15, 0.2) is 6.07 Å². The molecule has 104 valence electrons. The summed E-state index contributed by atoms with van der Waals surface area (Å²) in [7, 11) is 1.83. The van der Waals surface area contributed by atoms with Gasteiger partial charge < -0.3 is 15.4 Å². The first-order valence-electron chi connectivity index (χ1n) is 6.52. The van der Waals surface area contributed by atoms with Crippen LogP contribution in [0.2, 0.25) is 0 Å². The third kappa shape index (κ3) is 3.54. The molecule has 5 nitrogen and oxygen atoms in total. The van der Waals surface area contributed by atoms with Gasteiger partial charge in [-0.05, 0) is 26.3 Å². The molecule has 6 heteroatoms. The molecule has 2 aromatic heterocycles. The van der Waals surface area contributed by atoms with E-state index in [1.165, 1.54) is 4.88 Å². The molecular formula is C13H20N4OS. The molecule has 2 rings (SSSR count). The molecule has 2 heterocycles. The number of hydrogen-bond donors (Lipinski definition) is 2. The van der Waals surface area contributed by atoms with Gasteiger partial charge in [0.15, 0.2) is 0 Å². The van der Waals surface area contributed by atoms with Crippen LogP contribution in [0, 0.1) is 6.92 Å². The molecule has 0 spiro atoms. The highest BCUT2D eigenvalue weighted by molar-refractivity contribution is 7.18. The average Bonchev–Trinajstić information content (AvgIpc) is 2.78. The highest BCUT2D eigenvalue weighted by Crippen LogP contribution is 2.29. The Bertz CT molecular complexity index is 541. The molecule has 0 saturated heterocycles. The van der Waals surface area contributed by atoms with E-state index in [9.17, 15) is 0 Å². The van der Waals surface area contributed by atoms with Gasteiger partial charge in [-0.1, -0.05) is 0 Å². The fourth-order valence-electron chi connectivity index (χ4n) is 1.81. The van der Waals surface area contributed by atoms with E-state index in [0.717, 1.165) is 42.2 Å². The average molecular weight is 280 g/mol. The molecule has 2 aromatic rings. The predicted octanol–water partition coefficient (Wildman–Crippen LogP) is 2.88. The normalized spacial score (nSPS) is 10.9. The van der Waals surface area contributed by atoms with Gasteiger partial charge in [0.1, 0.15) is 10.6 Å². The van der Waals surface area contributed by atoms with Crippen LogP contribution in [-0.2, 0) is 4.74 Å². The Morgan fingerprint density at radius 3 is 2.95 bits per heavy atom. The van der Waals surface area contributed by atoms with Crippen LogP contribution in [0.5, 0.6) is 0 Å². The van der Waals surface area contributed by atoms with Crippen molar-refractivity contribution in [3.63, 3.8) is 0 Å². The summed E-state index contributed by atoms with van der Waals surface area (Å²) < 4.78 is 5.32. The quantitative estimate of drug-likeness (QED) is 0.764. The predicted molar refractivity (Wildman–Crippen MR) is 81.3 cm³/mol. The number of aromatic nitrogens is 2. The lowest BCUT2D eigenvalue weighted by Crippen LogP contribution is -2.08. The first-order valence-corrected chi connectivity index (χ1v) is 7.33. The van der Waals surface area contributed by atoms with Crippen LogP contribution in [0.1, 0.15) is 18.2 Å². The second-order valence-electron chi connectivity index (χ2n) is 4.20. The number of anilines is 2. The van der Waals surface area contributed by atoms with Gasteiger partial charge in [0.25, 0.3) is 0 Å². The Labute approximate surface area is 117 Å².